The van der Waals surface area contributed by atoms with E-state index in [4.69, 9.17) is 11.6 Å². The average Bonchev–Trinajstić information content (AvgIpc) is 3.06. The largest absolute Gasteiger partial charge is 0.300 e. The first-order valence-corrected chi connectivity index (χ1v) is 9.31. The van der Waals surface area contributed by atoms with E-state index >= 15 is 0 Å². The fraction of sp³-hybridized carbons (Fsp3) is 0.118. The van der Waals surface area contributed by atoms with Crippen LogP contribution < -0.4 is 5.32 Å². The molecule has 122 valence electrons. The molecular formula is C17H14ClN3OS2. The van der Waals surface area contributed by atoms with Crippen LogP contribution in [0.15, 0.2) is 59.5 Å². The molecule has 0 bridgehead atoms. The Bertz CT molecular complexity index is 821. The highest BCUT2D eigenvalue weighted by Gasteiger charge is 2.17. The van der Waals surface area contributed by atoms with Crippen LogP contribution in [-0.4, -0.2) is 21.4 Å². The third kappa shape index (κ3) is 4.35. The first-order chi connectivity index (χ1) is 11.6. The maximum atomic E-state index is 12.3. The van der Waals surface area contributed by atoms with Crippen LogP contribution in [0.1, 0.15) is 6.92 Å². The van der Waals surface area contributed by atoms with Gasteiger partial charge in [0.25, 0.3) is 0 Å². The van der Waals surface area contributed by atoms with E-state index in [0.29, 0.717) is 10.2 Å². The number of nitrogens with one attached hydrogen (secondary N) is 1. The molecule has 0 saturated heterocycles. The summed E-state index contributed by atoms with van der Waals surface area (Å²) in [5.41, 5.74) is 0.985. The number of thioether (sulfide) groups is 1. The van der Waals surface area contributed by atoms with Gasteiger partial charge in [-0.1, -0.05) is 53.3 Å². The number of aromatic nitrogens is 2. The molecule has 0 unspecified atom stereocenters. The van der Waals surface area contributed by atoms with Gasteiger partial charge in [-0.3, -0.25) is 10.1 Å². The molecule has 1 heterocycles. The molecule has 0 radical (unpaired) electrons. The van der Waals surface area contributed by atoms with Crippen molar-refractivity contribution in [2.24, 2.45) is 0 Å². The minimum atomic E-state index is -0.254. The predicted molar refractivity (Wildman–Crippen MR) is 101 cm³/mol. The van der Waals surface area contributed by atoms with Crippen molar-refractivity contribution < 1.29 is 4.79 Å². The van der Waals surface area contributed by atoms with Crippen LogP contribution in [0.2, 0.25) is 5.02 Å². The number of benzene rings is 2. The first kappa shape index (κ1) is 17.0. The second-order valence-corrected chi connectivity index (χ2v) is 7.81. The zero-order valence-corrected chi connectivity index (χ0v) is 15.2. The van der Waals surface area contributed by atoms with E-state index in [2.05, 4.69) is 15.5 Å². The Hall–Kier alpha value is -1.89. The molecule has 0 aliphatic heterocycles. The number of halogens is 1. The van der Waals surface area contributed by atoms with Crippen molar-refractivity contribution in [3.05, 3.63) is 59.6 Å². The smallest absolute Gasteiger partial charge is 0.239 e. The normalized spacial score (nSPS) is 11.9. The summed E-state index contributed by atoms with van der Waals surface area (Å²) in [5, 5.41) is 12.7. The highest BCUT2D eigenvalue weighted by molar-refractivity contribution is 8.00. The second kappa shape index (κ2) is 7.79. The zero-order chi connectivity index (χ0) is 16.9. The van der Waals surface area contributed by atoms with Gasteiger partial charge in [-0.05, 0) is 31.2 Å². The maximum Gasteiger partial charge on any atom is 0.239 e. The van der Waals surface area contributed by atoms with Gasteiger partial charge in [-0.2, -0.15) is 0 Å². The first-order valence-electron chi connectivity index (χ1n) is 7.24. The summed E-state index contributed by atoms with van der Waals surface area (Å²) in [6.07, 6.45) is 0. The van der Waals surface area contributed by atoms with Crippen molar-refractivity contribution in [2.75, 3.05) is 5.32 Å². The van der Waals surface area contributed by atoms with Crippen LogP contribution in [0, 0.1) is 0 Å². The summed E-state index contributed by atoms with van der Waals surface area (Å²) >= 11 is 8.70. The van der Waals surface area contributed by atoms with Crippen molar-refractivity contribution in [3.63, 3.8) is 0 Å². The Morgan fingerprint density at radius 1 is 1.12 bits per heavy atom. The number of hydrogen-bond donors (Lipinski definition) is 1. The fourth-order valence-electron chi connectivity index (χ4n) is 1.95. The predicted octanol–water partition coefficient (Wildman–Crippen LogP) is 4.98. The zero-order valence-electron chi connectivity index (χ0n) is 12.8. The number of amides is 1. The van der Waals surface area contributed by atoms with Crippen LogP contribution in [0.5, 0.6) is 0 Å². The molecule has 0 saturated carbocycles. The topological polar surface area (TPSA) is 54.9 Å². The van der Waals surface area contributed by atoms with Crippen molar-refractivity contribution in [1.82, 2.24) is 10.2 Å². The summed E-state index contributed by atoms with van der Waals surface area (Å²) in [5.74, 6) is -0.106. The van der Waals surface area contributed by atoms with Gasteiger partial charge in [0.1, 0.15) is 5.01 Å². The number of hydrogen-bond acceptors (Lipinski definition) is 5. The van der Waals surface area contributed by atoms with E-state index in [0.717, 1.165) is 15.5 Å². The molecule has 0 spiro atoms. The van der Waals surface area contributed by atoms with Gasteiger partial charge in [0, 0.05) is 15.5 Å². The van der Waals surface area contributed by atoms with Crippen molar-refractivity contribution in [1.29, 1.82) is 0 Å². The van der Waals surface area contributed by atoms with Crippen LogP contribution >= 0.6 is 34.7 Å². The van der Waals surface area contributed by atoms with Crippen LogP contribution in [0.4, 0.5) is 5.13 Å². The number of carbonyl (C=O) groups is 1. The highest BCUT2D eigenvalue weighted by Crippen LogP contribution is 2.28. The molecular weight excluding hydrogens is 362 g/mol. The summed E-state index contributed by atoms with van der Waals surface area (Å²) in [6, 6.07) is 17.2. The van der Waals surface area contributed by atoms with Crippen molar-refractivity contribution >= 4 is 45.7 Å². The Morgan fingerprint density at radius 3 is 2.54 bits per heavy atom. The molecule has 1 N–H and O–H groups in total. The van der Waals surface area contributed by atoms with E-state index in [1.54, 1.807) is 0 Å². The molecule has 1 aromatic heterocycles. The monoisotopic (exact) mass is 375 g/mol. The minimum Gasteiger partial charge on any atom is -0.300 e. The quantitative estimate of drug-likeness (QED) is 0.639. The van der Waals surface area contributed by atoms with Gasteiger partial charge in [0.05, 0.1) is 5.25 Å². The van der Waals surface area contributed by atoms with Crippen LogP contribution in [-0.2, 0) is 4.79 Å². The summed E-state index contributed by atoms with van der Waals surface area (Å²) in [6.45, 7) is 1.85. The third-order valence-electron chi connectivity index (χ3n) is 3.17. The molecule has 3 aromatic rings. The van der Waals surface area contributed by atoms with E-state index in [1.807, 2.05) is 61.5 Å². The molecule has 0 aliphatic carbocycles. The van der Waals surface area contributed by atoms with Gasteiger partial charge in [0.15, 0.2) is 0 Å². The fourth-order valence-corrected chi connectivity index (χ4v) is 3.69. The number of anilines is 1. The second-order valence-electron chi connectivity index (χ2n) is 4.98. The van der Waals surface area contributed by atoms with Crippen molar-refractivity contribution in [2.45, 2.75) is 17.1 Å². The van der Waals surface area contributed by atoms with Gasteiger partial charge >= 0.3 is 0 Å². The maximum absolute atomic E-state index is 12.3. The van der Waals surface area contributed by atoms with E-state index in [1.165, 1.54) is 23.1 Å². The third-order valence-corrected chi connectivity index (χ3v) is 5.42. The van der Waals surface area contributed by atoms with Gasteiger partial charge < -0.3 is 0 Å². The van der Waals surface area contributed by atoms with E-state index in [9.17, 15) is 4.79 Å². The Morgan fingerprint density at radius 2 is 1.83 bits per heavy atom. The van der Waals surface area contributed by atoms with Crippen LogP contribution in [0.25, 0.3) is 10.6 Å². The minimum absolute atomic E-state index is 0.106. The van der Waals surface area contributed by atoms with Crippen molar-refractivity contribution in [3.8, 4) is 10.6 Å². The Kier molecular flexibility index (Phi) is 5.50. The molecule has 3 rings (SSSR count). The van der Waals surface area contributed by atoms with E-state index < -0.39 is 0 Å². The molecule has 24 heavy (non-hydrogen) atoms. The number of rotatable bonds is 5. The summed E-state index contributed by atoms with van der Waals surface area (Å²) in [7, 11) is 0. The van der Waals surface area contributed by atoms with E-state index in [-0.39, 0.29) is 11.2 Å². The molecule has 2 aromatic carbocycles. The standard InChI is InChI=1S/C17H14ClN3OS2/c1-11(23-14-9-7-13(18)8-10-14)15(22)19-17-21-20-16(24-17)12-5-3-2-4-6-12/h2-11H,1H3,(H,19,21,22)/t11-/m1/s1. The Balaban J connectivity index is 1.62. The number of nitrogens with zero attached hydrogens (tertiary/aromatic N) is 2. The molecule has 1 atom stereocenters. The lowest BCUT2D eigenvalue weighted by molar-refractivity contribution is -0.115. The SMILES string of the molecule is C[C@@H](Sc1ccc(Cl)cc1)C(=O)Nc1nnc(-c2ccccc2)s1. The summed E-state index contributed by atoms with van der Waals surface area (Å²) in [4.78, 5) is 13.3. The molecule has 7 heteroatoms. The summed E-state index contributed by atoms with van der Waals surface area (Å²) < 4.78 is 0. The number of carbonyl (C=O) groups excluding carboxylic acids is 1. The van der Waals surface area contributed by atoms with Gasteiger partial charge in [-0.15, -0.1) is 22.0 Å². The lowest BCUT2D eigenvalue weighted by atomic mass is 10.2. The lowest BCUT2D eigenvalue weighted by Gasteiger charge is -2.10. The Labute approximate surface area is 153 Å². The molecule has 0 aliphatic rings. The van der Waals surface area contributed by atoms with Crippen LogP contribution in [0.3, 0.4) is 0 Å². The molecule has 4 nitrogen and oxygen atoms in total. The average molecular weight is 376 g/mol. The molecule has 0 fully saturated rings. The highest BCUT2D eigenvalue weighted by atomic mass is 35.5. The van der Waals surface area contributed by atoms with Gasteiger partial charge in [0.2, 0.25) is 11.0 Å². The lowest BCUT2D eigenvalue weighted by Crippen LogP contribution is -2.22. The molecule has 1 amide bonds. The van der Waals surface area contributed by atoms with Gasteiger partial charge in [-0.25, -0.2) is 0 Å².